The third-order valence-corrected chi connectivity index (χ3v) is 2.58. The van der Waals surface area contributed by atoms with Crippen molar-refractivity contribution in [2.24, 2.45) is 11.8 Å². The molecule has 2 fully saturated rings. The highest BCUT2D eigenvalue weighted by Crippen LogP contribution is 2.40. The van der Waals surface area contributed by atoms with E-state index in [-0.39, 0.29) is 5.79 Å². The Bertz CT molecular complexity index is 138. The van der Waals surface area contributed by atoms with Crippen LogP contribution >= 0.6 is 0 Å². The molecule has 2 unspecified atom stereocenters. The van der Waals surface area contributed by atoms with Gasteiger partial charge >= 0.3 is 0 Å². The van der Waals surface area contributed by atoms with Gasteiger partial charge in [0.05, 0.1) is 13.2 Å². The van der Waals surface area contributed by atoms with Crippen molar-refractivity contribution in [3.05, 3.63) is 0 Å². The Morgan fingerprint density at radius 1 is 1.00 bits per heavy atom. The van der Waals surface area contributed by atoms with E-state index in [0.717, 1.165) is 26.1 Å². The van der Waals surface area contributed by atoms with Gasteiger partial charge in [-0.3, -0.25) is 0 Å². The number of hydrogen-bond acceptors (Lipinski definition) is 2. The van der Waals surface area contributed by atoms with E-state index in [1.165, 1.54) is 0 Å². The van der Waals surface area contributed by atoms with E-state index in [4.69, 9.17) is 9.47 Å². The molecule has 0 saturated carbocycles. The van der Waals surface area contributed by atoms with Crippen LogP contribution < -0.4 is 0 Å². The average molecular weight is 156 g/mol. The topological polar surface area (TPSA) is 18.5 Å². The molecule has 2 heterocycles. The van der Waals surface area contributed by atoms with Crippen molar-refractivity contribution in [2.75, 3.05) is 13.2 Å². The summed E-state index contributed by atoms with van der Waals surface area (Å²) >= 11 is 0. The predicted molar refractivity (Wildman–Crippen MR) is 42.2 cm³/mol. The van der Waals surface area contributed by atoms with Crippen molar-refractivity contribution >= 4 is 0 Å². The Labute approximate surface area is 67.9 Å². The molecule has 2 saturated heterocycles. The quantitative estimate of drug-likeness (QED) is 0.532. The molecule has 64 valence electrons. The van der Waals surface area contributed by atoms with Gasteiger partial charge in [0.1, 0.15) is 0 Å². The van der Waals surface area contributed by atoms with Gasteiger partial charge in [-0.1, -0.05) is 13.8 Å². The van der Waals surface area contributed by atoms with Crippen LogP contribution in [0.5, 0.6) is 0 Å². The maximum Gasteiger partial charge on any atom is 0.168 e. The van der Waals surface area contributed by atoms with Gasteiger partial charge in [0.2, 0.25) is 0 Å². The van der Waals surface area contributed by atoms with Gasteiger partial charge in [0, 0.05) is 12.8 Å². The summed E-state index contributed by atoms with van der Waals surface area (Å²) in [4.78, 5) is 0. The Kier molecular flexibility index (Phi) is 1.69. The molecule has 2 aliphatic heterocycles. The Morgan fingerprint density at radius 2 is 1.45 bits per heavy atom. The first kappa shape index (κ1) is 7.56. The van der Waals surface area contributed by atoms with Crippen molar-refractivity contribution in [1.82, 2.24) is 0 Å². The highest BCUT2D eigenvalue weighted by molar-refractivity contribution is 4.85. The van der Waals surface area contributed by atoms with Gasteiger partial charge in [-0.15, -0.1) is 0 Å². The SMILES string of the molecule is CC1COC2(C1)CC(C)CO2. The van der Waals surface area contributed by atoms with Crippen molar-refractivity contribution in [3.63, 3.8) is 0 Å². The molecule has 0 aromatic rings. The fourth-order valence-electron chi connectivity index (χ4n) is 2.13. The van der Waals surface area contributed by atoms with Crippen LogP contribution in [0.25, 0.3) is 0 Å². The molecule has 0 amide bonds. The second kappa shape index (κ2) is 2.46. The highest BCUT2D eigenvalue weighted by Gasteiger charge is 2.44. The van der Waals surface area contributed by atoms with Crippen LogP contribution in [0.2, 0.25) is 0 Å². The molecule has 0 bridgehead atoms. The zero-order chi connectivity index (χ0) is 7.90. The molecule has 2 nitrogen and oxygen atoms in total. The molecule has 0 aromatic carbocycles. The Hall–Kier alpha value is -0.0800. The molecule has 2 aliphatic rings. The lowest BCUT2D eigenvalue weighted by Gasteiger charge is -2.20. The number of rotatable bonds is 0. The lowest BCUT2D eigenvalue weighted by molar-refractivity contribution is -0.178. The highest BCUT2D eigenvalue weighted by atomic mass is 16.7. The molecular formula is C9H16O2. The first-order valence-electron chi connectivity index (χ1n) is 4.48. The summed E-state index contributed by atoms with van der Waals surface area (Å²) in [6, 6.07) is 0. The lowest BCUT2D eigenvalue weighted by atomic mass is 9.99. The first-order chi connectivity index (χ1) is 5.20. The minimum absolute atomic E-state index is 0.168. The van der Waals surface area contributed by atoms with Gasteiger partial charge in [0.25, 0.3) is 0 Å². The number of ether oxygens (including phenoxy) is 2. The fraction of sp³-hybridized carbons (Fsp3) is 1.00. The molecule has 2 atom stereocenters. The van der Waals surface area contributed by atoms with Crippen LogP contribution in [0.3, 0.4) is 0 Å². The lowest BCUT2D eigenvalue weighted by Crippen LogP contribution is -2.26. The maximum absolute atomic E-state index is 5.66. The van der Waals surface area contributed by atoms with Gasteiger partial charge < -0.3 is 9.47 Å². The summed E-state index contributed by atoms with van der Waals surface area (Å²) in [5, 5.41) is 0. The molecular weight excluding hydrogens is 140 g/mol. The molecule has 0 radical (unpaired) electrons. The van der Waals surface area contributed by atoms with Crippen LogP contribution in [-0.2, 0) is 9.47 Å². The minimum atomic E-state index is -0.168. The minimum Gasteiger partial charge on any atom is -0.350 e. The van der Waals surface area contributed by atoms with E-state index >= 15 is 0 Å². The van der Waals surface area contributed by atoms with E-state index in [1.54, 1.807) is 0 Å². The van der Waals surface area contributed by atoms with Crippen LogP contribution in [-0.4, -0.2) is 19.0 Å². The van der Waals surface area contributed by atoms with E-state index in [2.05, 4.69) is 13.8 Å². The molecule has 1 spiro atoms. The van der Waals surface area contributed by atoms with Crippen molar-refractivity contribution in [1.29, 1.82) is 0 Å². The molecule has 0 N–H and O–H groups in total. The molecule has 11 heavy (non-hydrogen) atoms. The summed E-state index contributed by atoms with van der Waals surface area (Å²) < 4.78 is 11.3. The predicted octanol–water partition coefficient (Wildman–Crippen LogP) is 1.80. The van der Waals surface area contributed by atoms with Crippen molar-refractivity contribution in [2.45, 2.75) is 32.5 Å². The summed E-state index contributed by atoms with van der Waals surface area (Å²) in [5.74, 6) is 1.19. The van der Waals surface area contributed by atoms with E-state index in [1.807, 2.05) is 0 Å². The van der Waals surface area contributed by atoms with Gasteiger partial charge in [-0.05, 0) is 11.8 Å². The standard InChI is InChI=1S/C9H16O2/c1-7-3-9(10-5-7)4-8(2)6-11-9/h7-8H,3-6H2,1-2H3. The van der Waals surface area contributed by atoms with Gasteiger partial charge in [-0.2, -0.15) is 0 Å². The third-order valence-electron chi connectivity index (χ3n) is 2.58. The first-order valence-corrected chi connectivity index (χ1v) is 4.48. The largest absolute Gasteiger partial charge is 0.350 e. The normalized spacial score (nSPS) is 50.7. The Balaban J connectivity index is 2.02. The summed E-state index contributed by atoms with van der Waals surface area (Å²) in [6.45, 7) is 6.21. The van der Waals surface area contributed by atoms with Gasteiger partial charge in [-0.25, -0.2) is 0 Å². The third kappa shape index (κ3) is 1.30. The average Bonchev–Trinajstić information content (AvgIpc) is 2.44. The molecule has 0 aromatic heterocycles. The summed E-state index contributed by atoms with van der Waals surface area (Å²) in [5.41, 5.74) is 0. The van der Waals surface area contributed by atoms with E-state index in [9.17, 15) is 0 Å². The second-order valence-electron chi connectivity index (χ2n) is 4.15. The fourth-order valence-corrected chi connectivity index (χ4v) is 2.13. The summed E-state index contributed by atoms with van der Waals surface area (Å²) in [6.07, 6.45) is 2.19. The van der Waals surface area contributed by atoms with Crippen molar-refractivity contribution in [3.8, 4) is 0 Å². The van der Waals surface area contributed by atoms with Crippen LogP contribution in [0, 0.1) is 11.8 Å². The summed E-state index contributed by atoms with van der Waals surface area (Å²) in [7, 11) is 0. The van der Waals surface area contributed by atoms with Crippen LogP contribution in [0.15, 0.2) is 0 Å². The van der Waals surface area contributed by atoms with E-state index in [0.29, 0.717) is 11.8 Å². The van der Waals surface area contributed by atoms with Crippen LogP contribution in [0.1, 0.15) is 26.7 Å². The van der Waals surface area contributed by atoms with Crippen LogP contribution in [0.4, 0.5) is 0 Å². The molecule has 0 aliphatic carbocycles. The molecule has 2 rings (SSSR count). The zero-order valence-electron chi connectivity index (χ0n) is 7.30. The second-order valence-corrected chi connectivity index (χ2v) is 4.15. The molecule has 2 heteroatoms. The van der Waals surface area contributed by atoms with E-state index < -0.39 is 0 Å². The van der Waals surface area contributed by atoms with Crippen molar-refractivity contribution < 1.29 is 9.47 Å². The maximum atomic E-state index is 5.66. The monoisotopic (exact) mass is 156 g/mol. The number of hydrogen-bond donors (Lipinski definition) is 0. The zero-order valence-corrected chi connectivity index (χ0v) is 7.30. The van der Waals surface area contributed by atoms with Gasteiger partial charge in [0.15, 0.2) is 5.79 Å². The smallest absolute Gasteiger partial charge is 0.168 e. The Morgan fingerprint density at radius 3 is 1.73 bits per heavy atom.